The predicted octanol–water partition coefficient (Wildman–Crippen LogP) is 10.6. The number of likely N-dealkylation sites (N-methyl/N-ethyl adjacent to an activating group) is 1. The van der Waals surface area contributed by atoms with Crippen LogP contribution in [0.25, 0.3) is 0 Å². The fraction of sp³-hybridized carbons (Fsp3) is 0.256. The molecule has 1 aliphatic rings. The SMILES string of the molecule is CN(CC(=O)N(Cc1ccc(C2CCCCC2)cc1)c1ccc(C(=O)OCc2ccccc2)c(OCc2ccccc2)c1)Sc1ccc(Br)cc1. The normalized spacial score (nSPS) is 13.2. The summed E-state index contributed by atoms with van der Waals surface area (Å²) in [6.07, 6.45) is 6.35. The van der Waals surface area contributed by atoms with Gasteiger partial charge in [0.1, 0.15) is 24.5 Å². The molecule has 5 aromatic rings. The van der Waals surface area contributed by atoms with Gasteiger partial charge in [-0.25, -0.2) is 9.10 Å². The molecule has 51 heavy (non-hydrogen) atoms. The maximum atomic E-state index is 14.2. The largest absolute Gasteiger partial charge is 0.488 e. The number of nitrogens with zero attached hydrogens (tertiary/aromatic N) is 2. The molecule has 1 amide bonds. The predicted molar refractivity (Wildman–Crippen MR) is 209 cm³/mol. The summed E-state index contributed by atoms with van der Waals surface area (Å²) in [6.45, 7) is 0.939. The van der Waals surface area contributed by atoms with E-state index in [1.165, 1.54) is 49.6 Å². The fourth-order valence-electron chi connectivity index (χ4n) is 6.32. The first-order valence-corrected chi connectivity index (χ1v) is 19.0. The molecule has 1 saturated carbocycles. The highest BCUT2D eigenvalue weighted by atomic mass is 79.9. The first-order chi connectivity index (χ1) is 24.9. The summed E-state index contributed by atoms with van der Waals surface area (Å²) in [4.78, 5) is 30.5. The number of carbonyl (C=O) groups excluding carboxylic acids is 2. The number of amides is 1. The van der Waals surface area contributed by atoms with Crippen molar-refractivity contribution in [2.75, 3.05) is 18.5 Å². The Morgan fingerprint density at radius 3 is 2.06 bits per heavy atom. The highest BCUT2D eigenvalue weighted by molar-refractivity contribution is 9.10. The van der Waals surface area contributed by atoms with Crippen molar-refractivity contribution in [2.45, 2.75) is 62.7 Å². The van der Waals surface area contributed by atoms with E-state index in [0.717, 1.165) is 26.1 Å². The van der Waals surface area contributed by atoms with Crippen LogP contribution >= 0.6 is 27.9 Å². The van der Waals surface area contributed by atoms with Gasteiger partial charge in [-0.1, -0.05) is 120 Å². The molecule has 0 spiro atoms. The number of hydrogen-bond acceptors (Lipinski definition) is 6. The smallest absolute Gasteiger partial charge is 0.342 e. The van der Waals surface area contributed by atoms with Gasteiger partial charge in [-0.15, -0.1) is 0 Å². The number of esters is 1. The maximum Gasteiger partial charge on any atom is 0.342 e. The van der Waals surface area contributed by atoms with Crippen LogP contribution < -0.4 is 9.64 Å². The van der Waals surface area contributed by atoms with E-state index in [0.29, 0.717) is 29.5 Å². The fourth-order valence-corrected chi connectivity index (χ4v) is 7.38. The van der Waals surface area contributed by atoms with E-state index in [-0.39, 0.29) is 25.7 Å². The van der Waals surface area contributed by atoms with E-state index in [1.807, 2.05) is 102 Å². The monoisotopic (exact) mass is 762 g/mol. The Kier molecular flexibility index (Phi) is 13.0. The maximum absolute atomic E-state index is 14.2. The van der Waals surface area contributed by atoms with Crippen molar-refractivity contribution in [3.05, 3.63) is 160 Å². The van der Waals surface area contributed by atoms with Gasteiger partial charge in [0, 0.05) is 21.1 Å². The molecule has 0 bridgehead atoms. The second kappa shape index (κ2) is 18.2. The van der Waals surface area contributed by atoms with Gasteiger partial charge in [0.15, 0.2) is 0 Å². The second-order valence-corrected chi connectivity index (χ2v) is 15.1. The van der Waals surface area contributed by atoms with Gasteiger partial charge in [0.2, 0.25) is 5.91 Å². The van der Waals surface area contributed by atoms with Gasteiger partial charge >= 0.3 is 5.97 Å². The van der Waals surface area contributed by atoms with Crippen molar-refractivity contribution >= 4 is 45.4 Å². The molecule has 262 valence electrons. The van der Waals surface area contributed by atoms with Gasteiger partial charge in [-0.3, -0.25) is 4.79 Å². The Bertz CT molecular complexity index is 1860. The summed E-state index contributed by atoms with van der Waals surface area (Å²) in [7, 11) is 1.92. The number of benzene rings is 5. The Labute approximate surface area is 314 Å². The van der Waals surface area contributed by atoms with Gasteiger partial charge in [0.05, 0.1) is 13.1 Å². The Morgan fingerprint density at radius 2 is 1.39 bits per heavy atom. The van der Waals surface area contributed by atoms with Crippen molar-refractivity contribution in [1.82, 2.24) is 4.31 Å². The number of halogens is 1. The van der Waals surface area contributed by atoms with E-state index >= 15 is 0 Å². The van der Waals surface area contributed by atoms with Gasteiger partial charge < -0.3 is 14.4 Å². The quantitative estimate of drug-likeness (QED) is 0.0829. The zero-order chi connectivity index (χ0) is 35.4. The molecule has 0 aliphatic heterocycles. The molecular formula is C43H43BrN2O4S. The van der Waals surface area contributed by atoms with Crippen LogP contribution in [0.1, 0.15) is 70.6 Å². The summed E-state index contributed by atoms with van der Waals surface area (Å²) in [5, 5.41) is 0. The highest BCUT2D eigenvalue weighted by Crippen LogP contribution is 2.34. The van der Waals surface area contributed by atoms with E-state index in [4.69, 9.17) is 9.47 Å². The average Bonchev–Trinajstić information content (AvgIpc) is 3.17. The van der Waals surface area contributed by atoms with Gasteiger partial charge in [0.25, 0.3) is 0 Å². The van der Waals surface area contributed by atoms with Crippen molar-refractivity contribution in [3.63, 3.8) is 0 Å². The van der Waals surface area contributed by atoms with Gasteiger partial charge in [-0.05, 0) is 96.4 Å². The summed E-state index contributed by atoms with van der Waals surface area (Å²) < 4.78 is 15.0. The molecule has 1 fully saturated rings. The Balaban J connectivity index is 1.27. The molecule has 0 N–H and O–H groups in total. The minimum atomic E-state index is -0.490. The van der Waals surface area contributed by atoms with Crippen LogP contribution in [-0.2, 0) is 29.3 Å². The molecule has 0 heterocycles. The minimum absolute atomic E-state index is 0.0770. The van der Waals surface area contributed by atoms with Crippen molar-refractivity contribution in [3.8, 4) is 5.75 Å². The van der Waals surface area contributed by atoms with Crippen LogP contribution in [0, 0.1) is 0 Å². The lowest BCUT2D eigenvalue weighted by molar-refractivity contribution is -0.118. The Hall–Kier alpha value is -4.37. The molecule has 0 aromatic heterocycles. The van der Waals surface area contributed by atoms with Crippen LogP contribution in [0.2, 0.25) is 0 Å². The summed E-state index contributed by atoms with van der Waals surface area (Å²) >= 11 is 5.01. The number of hydrogen-bond donors (Lipinski definition) is 0. The van der Waals surface area contributed by atoms with Crippen LogP contribution in [0.3, 0.4) is 0 Å². The van der Waals surface area contributed by atoms with E-state index in [9.17, 15) is 9.59 Å². The molecule has 6 nitrogen and oxygen atoms in total. The van der Waals surface area contributed by atoms with E-state index in [2.05, 4.69) is 40.2 Å². The molecule has 1 aliphatic carbocycles. The zero-order valence-corrected chi connectivity index (χ0v) is 31.3. The average molecular weight is 764 g/mol. The molecule has 6 rings (SSSR count). The van der Waals surface area contributed by atoms with E-state index < -0.39 is 5.97 Å². The molecule has 0 radical (unpaired) electrons. The van der Waals surface area contributed by atoms with Crippen molar-refractivity contribution < 1.29 is 19.1 Å². The lowest BCUT2D eigenvalue weighted by atomic mass is 9.84. The zero-order valence-electron chi connectivity index (χ0n) is 28.9. The van der Waals surface area contributed by atoms with Gasteiger partial charge in [-0.2, -0.15) is 0 Å². The Morgan fingerprint density at radius 1 is 0.745 bits per heavy atom. The number of rotatable bonds is 14. The molecule has 0 saturated heterocycles. The van der Waals surface area contributed by atoms with Crippen molar-refractivity contribution in [2.24, 2.45) is 0 Å². The first kappa shape index (κ1) is 36.4. The number of anilines is 1. The third kappa shape index (κ3) is 10.6. The molecule has 0 unspecified atom stereocenters. The lowest BCUT2D eigenvalue weighted by Gasteiger charge is -2.27. The molecule has 5 aromatic carbocycles. The summed E-state index contributed by atoms with van der Waals surface area (Å²) in [5.41, 5.74) is 5.20. The molecule has 8 heteroatoms. The van der Waals surface area contributed by atoms with Crippen LogP contribution in [0.4, 0.5) is 5.69 Å². The van der Waals surface area contributed by atoms with Crippen LogP contribution in [-0.4, -0.2) is 29.8 Å². The highest BCUT2D eigenvalue weighted by Gasteiger charge is 2.23. The minimum Gasteiger partial charge on any atom is -0.488 e. The third-order valence-corrected chi connectivity index (χ3v) is 10.5. The standard InChI is InChI=1S/C43H43BrN2O4S/c1-45(51-39-24-21-37(44)22-25-39)29-42(47)46(28-32-17-19-36(20-18-32)35-15-9-4-10-16-35)38-23-26-40(43(48)50-31-34-13-7-3-8-14-34)41(27-38)49-30-33-11-5-2-6-12-33/h2-3,5-8,11-14,17-27,35H,4,9-10,15-16,28-31H2,1H3. The lowest BCUT2D eigenvalue weighted by Crippen LogP contribution is -2.37. The van der Waals surface area contributed by atoms with Crippen LogP contribution in [0.15, 0.2) is 137 Å². The molecule has 0 atom stereocenters. The third-order valence-electron chi connectivity index (χ3n) is 9.08. The summed E-state index contributed by atoms with van der Waals surface area (Å²) in [6, 6.07) is 41.5. The first-order valence-electron chi connectivity index (χ1n) is 17.5. The molecular weight excluding hydrogens is 720 g/mol. The summed E-state index contributed by atoms with van der Waals surface area (Å²) in [5.74, 6) is 0.396. The topological polar surface area (TPSA) is 59.1 Å². The van der Waals surface area contributed by atoms with Crippen LogP contribution in [0.5, 0.6) is 5.75 Å². The second-order valence-electron chi connectivity index (χ2n) is 12.9. The number of carbonyl (C=O) groups is 2. The number of ether oxygens (including phenoxy) is 2. The van der Waals surface area contributed by atoms with E-state index in [1.54, 1.807) is 17.0 Å². The van der Waals surface area contributed by atoms with Crippen molar-refractivity contribution in [1.29, 1.82) is 0 Å².